The molecule has 2 heteroatoms. The first-order valence-electron chi connectivity index (χ1n) is 4.32. The van der Waals surface area contributed by atoms with E-state index in [-0.39, 0.29) is 18.9 Å². The Bertz CT molecular complexity index is 321. The van der Waals surface area contributed by atoms with E-state index in [1.807, 2.05) is 0 Å². The van der Waals surface area contributed by atoms with Crippen molar-refractivity contribution in [2.24, 2.45) is 0 Å². The summed E-state index contributed by atoms with van der Waals surface area (Å²) in [5.74, 6) is 0. The van der Waals surface area contributed by atoms with Crippen molar-refractivity contribution in [1.82, 2.24) is 0 Å². The van der Waals surface area contributed by atoms with Gasteiger partial charge in [-0.3, -0.25) is 0 Å². The molecule has 0 bridgehead atoms. The van der Waals surface area contributed by atoms with Gasteiger partial charge in [0.15, 0.2) is 0 Å². The zero-order valence-electron chi connectivity index (χ0n) is 8.27. The van der Waals surface area contributed by atoms with Gasteiger partial charge >= 0.3 is 0 Å². The van der Waals surface area contributed by atoms with E-state index in [0.29, 0.717) is 0 Å². The molecule has 0 N–H and O–H groups in total. The number of hydrogen-bond acceptors (Lipinski definition) is 0. The predicted molar refractivity (Wildman–Crippen MR) is 66.2 cm³/mol. The van der Waals surface area contributed by atoms with E-state index in [1.165, 1.54) is 10.6 Å². The standard InChI is InChI=1S/C12H11P.Li/c1-3-7-11(8-4-1)13-12-9-5-2-6-10-12;/h1-10,13H;. The van der Waals surface area contributed by atoms with Crippen molar-refractivity contribution in [3.05, 3.63) is 60.7 Å². The van der Waals surface area contributed by atoms with Crippen molar-refractivity contribution in [3.63, 3.8) is 0 Å². The minimum atomic E-state index is 0. The van der Waals surface area contributed by atoms with Crippen LogP contribution in [0.2, 0.25) is 0 Å². The van der Waals surface area contributed by atoms with E-state index in [0.717, 1.165) is 8.58 Å². The van der Waals surface area contributed by atoms with Gasteiger partial charge in [0.1, 0.15) is 0 Å². The molecule has 0 atom stereocenters. The van der Waals surface area contributed by atoms with Crippen molar-refractivity contribution in [2.45, 2.75) is 0 Å². The van der Waals surface area contributed by atoms with Crippen LogP contribution >= 0.6 is 8.58 Å². The van der Waals surface area contributed by atoms with Crippen molar-refractivity contribution in [2.75, 3.05) is 0 Å². The topological polar surface area (TPSA) is 0 Å². The van der Waals surface area contributed by atoms with Gasteiger partial charge in [-0.2, -0.15) is 0 Å². The van der Waals surface area contributed by atoms with E-state index in [2.05, 4.69) is 60.7 Å². The van der Waals surface area contributed by atoms with Crippen LogP contribution in [0, 0.1) is 0 Å². The van der Waals surface area contributed by atoms with E-state index in [4.69, 9.17) is 0 Å². The Morgan fingerprint density at radius 3 is 1.29 bits per heavy atom. The Kier molecular flexibility index (Phi) is 4.98. The maximum atomic E-state index is 2.17. The van der Waals surface area contributed by atoms with Gasteiger partial charge in [0.2, 0.25) is 0 Å². The zero-order chi connectivity index (χ0) is 8.93. The Labute approximate surface area is 98.7 Å². The Morgan fingerprint density at radius 2 is 0.929 bits per heavy atom. The monoisotopic (exact) mass is 193 g/mol. The second kappa shape index (κ2) is 6.05. The summed E-state index contributed by atoms with van der Waals surface area (Å²) in [5, 5.41) is 2.79. The van der Waals surface area contributed by atoms with Crippen LogP contribution in [0.3, 0.4) is 0 Å². The molecule has 0 unspecified atom stereocenters. The van der Waals surface area contributed by atoms with Crippen LogP contribution in [0.1, 0.15) is 0 Å². The smallest absolute Gasteiger partial charge is 0 e. The number of rotatable bonds is 2. The third kappa shape index (κ3) is 3.32. The van der Waals surface area contributed by atoms with Crippen LogP contribution in [0.25, 0.3) is 0 Å². The molecule has 0 fully saturated rings. The van der Waals surface area contributed by atoms with Gasteiger partial charge < -0.3 is 0 Å². The molecule has 0 amide bonds. The first-order valence-corrected chi connectivity index (χ1v) is 5.32. The molecule has 0 heterocycles. The van der Waals surface area contributed by atoms with Crippen LogP contribution in [0.15, 0.2) is 60.7 Å². The molecule has 0 spiro atoms. The van der Waals surface area contributed by atoms with Gasteiger partial charge in [-0.05, 0) is 10.6 Å². The van der Waals surface area contributed by atoms with Gasteiger partial charge in [0.05, 0.1) is 0 Å². The third-order valence-electron chi connectivity index (χ3n) is 1.84. The summed E-state index contributed by atoms with van der Waals surface area (Å²) in [6.45, 7) is 0. The summed E-state index contributed by atoms with van der Waals surface area (Å²) < 4.78 is 0. The maximum absolute atomic E-state index is 2.17. The summed E-state index contributed by atoms with van der Waals surface area (Å²) in [6.07, 6.45) is 0. The van der Waals surface area contributed by atoms with Crippen LogP contribution in [-0.2, 0) is 0 Å². The van der Waals surface area contributed by atoms with Crippen molar-refractivity contribution < 1.29 is 0 Å². The molecule has 14 heavy (non-hydrogen) atoms. The van der Waals surface area contributed by atoms with E-state index in [9.17, 15) is 0 Å². The van der Waals surface area contributed by atoms with Crippen molar-refractivity contribution >= 4 is 38.1 Å². The molecule has 0 aliphatic heterocycles. The molecule has 0 saturated carbocycles. The minimum Gasteiger partial charge on any atom is -0.0622 e. The van der Waals surface area contributed by atoms with Gasteiger partial charge in [0.25, 0.3) is 0 Å². The van der Waals surface area contributed by atoms with Gasteiger partial charge in [-0.25, -0.2) is 0 Å². The first-order chi connectivity index (χ1) is 6.45. The van der Waals surface area contributed by atoms with Crippen LogP contribution in [0.5, 0.6) is 0 Å². The number of benzene rings is 2. The van der Waals surface area contributed by atoms with Crippen molar-refractivity contribution in [3.8, 4) is 0 Å². The fraction of sp³-hybridized carbons (Fsp3) is 0. The molecule has 0 nitrogen and oxygen atoms in total. The van der Waals surface area contributed by atoms with Gasteiger partial charge in [0, 0.05) is 18.9 Å². The molecular weight excluding hydrogens is 182 g/mol. The summed E-state index contributed by atoms with van der Waals surface area (Å²) in [5.41, 5.74) is 0. The van der Waals surface area contributed by atoms with Crippen LogP contribution in [0.4, 0.5) is 0 Å². The summed E-state index contributed by atoms with van der Waals surface area (Å²) in [4.78, 5) is 0. The molecule has 2 aromatic rings. The molecule has 0 saturated heterocycles. The summed E-state index contributed by atoms with van der Waals surface area (Å²) in [6, 6.07) is 21.2. The summed E-state index contributed by atoms with van der Waals surface area (Å²) >= 11 is 0. The molecular formula is C12H11LiP. The normalized spacial score (nSPS) is 9.14. The van der Waals surface area contributed by atoms with E-state index in [1.54, 1.807) is 0 Å². The fourth-order valence-electron chi connectivity index (χ4n) is 1.21. The Balaban J connectivity index is 0.000000980. The number of hydrogen-bond donors (Lipinski definition) is 0. The Morgan fingerprint density at radius 1 is 0.571 bits per heavy atom. The summed E-state index contributed by atoms with van der Waals surface area (Å²) in [7, 11) is 0.777. The van der Waals surface area contributed by atoms with Gasteiger partial charge in [-0.15, -0.1) is 0 Å². The quantitative estimate of drug-likeness (QED) is 0.505. The largest absolute Gasteiger partial charge is 0.0622 e. The van der Waals surface area contributed by atoms with Crippen LogP contribution < -0.4 is 10.6 Å². The maximum Gasteiger partial charge on any atom is 0 e. The minimum absolute atomic E-state index is 0. The van der Waals surface area contributed by atoms with Crippen LogP contribution in [-0.4, -0.2) is 18.9 Å². The molecule has 1 radical (unpaired) electrons. The van der Waals surface area contributed by atoms with Crippen molar-refractivity contribution in [1.29, 1.82) is 0 Å². The fourth-order valence-corrected chi connectivity index (χ4v) is 2.26. The molecule has 2 rings (SSSR count). The molecule has 0 aromatic heterocycles. The third-order valence-corrected chi connectivity index (χ3v) is 3.08. The molecule has 0 aliphatic rings. The predicted octanol–water partition coefficient (Wildman–Crippen LogP) is 1.94. The molecule has 0 aliphatic carbocycles. The first kappa shape index (κ1) is 11.5. The SMILES string of the molecule is [Li].c1ccc(Pc2ccccc2)cc1. The molecule has 65 valence electrons. The molecule has 2 aromatic carbocycles. The zero-order valence-corrected chi connectivity index (χ0v) is 9.27. The second-order valence-electron chi connectivity index (χ2n) is 2.86. The Hall–Kier alpha value is -0.533. The van der Waals surface area contributed by atoms with E-state index < -0.39 is 0 Å². The van der Waals surface area contributed by atoms with Gasteiger partial charge in [-0.1, -0.05) is 69.2 Å². The van der Waals surface area contributed by atoms with E-state index >= 15 is 0 Å². The average molecular weight is 193 g/mol. The average Bonchev–Trinajstić information content (AvgIpc) is 2.21. The second-order valence-corrected chi connectivity index (χ2v) is 4.26.